The monoisotopic (exact) mass is 224 g/mol. The normalized spacial score (nSPS) is 13.4. The summed E-state index contributed by atoms with van der Waals surface area (Å²) in [5.41, 5.74) is 0.168. The number of carbonyl (C=O) groups is 1. The number of carbonyl (C=O) groups excluding carboxylic acids is 1. The van der Waals surface area contributed by atoms with Gasteiger partial charge >= 0.3 is 0 Å². The maximum Gasteiger partial charge on any atom is 0.207 e. The molecule has 2 rings (SSSR count). The van der Waals surface area contributed by atoms with Crippen molar-refractivity contribution >= 4 is 5.78 Å². The predicted octanol–water partition coefficient (Wildman–Crippen LogP) is 1.37. The zero-order chi connectivity index (χ0) is 11.7. The fourth-order valence-corrected chi connectivity index (χ4v) is 1.60. The van der Waals surface area contributed by atoms with E-state index in [-0.39, 0.29) is 22.8 Å². The van der Waals surface area contributed by atoms with Crippen LogP contribution in [0.5, 0.6) is 23.0 Å². The van der Waals surface area contributed by atoms with Crippen LogP contribution >= 0.6 is 0 Å². The van der Waals surface area contributed by atoms with E-state index in [1.807, 2.05) is 0 Å². The number of phenols is 1. The number of ketones is 1. The fraction of sp³-hybridized carbons (Fsp3) is 0.364. The number of hydrogen-bond acceptors (Lipinski definition) is 5. The van der Waals surface area contributed by atoms with Crippen molar-refractivity contribution in [2.45, 2.75) is 6.92 Å². The topological polar surface area (TPSA) is 65.0 Å². The van der Waals surface area contributed by atoms with Crippen molar-refractivity contribution in [2.24, 2.45) is 0 Å². The molecule has 5 nitrogen and oxygen atoms in total. The summed E-state index contributed by atoms with van der Waals surface area (Å²) in [4.78, 5) is 11.3. The lowest BCUT2D eigenvalue weighted by Gasteiger charge is -2.22. The van der Waals surface area contributed by atoms with Crippen molar-refractivity contribution in [1.82, 2.24) is 0 Å². The molecular formula is C11H12O5. The smallest absolute Gasteiger partial charge is 0.207 e. The van der Waals surface area contributed by atoms with Crippen LogP contribution in [0, 0.1) is 0 Å². The molecule has 0 aromatic heterocycles. The summed E-state index contributed by atoms with van der Waals surface area (Å²) in [7, 11) is 1.40. The molecular weight excluding hydrogens is 212 g/mol. The molecule has 1 aliphatic heterocycles. The Kier molecular flexibility index (Phi) is 2.60. The van der Waals surface area contributed by atoms with Crippen LogP contribution in [-0.2, 0) is 0 Å². The largest absolute Gasteiger partial charge is 0.504 e. The minimum Gasteiger partial charge on any atom is -0.504 e. The molecule has 1 aromatic carbocycles. The molecule has 0 unspecified atom stereocenters. The first-order valence-corrected chi connectivity index (χ1v) is 4.85. The molecule has 0 bridgehead atoms. The lowest BCUT2D eigenvalue weighted by molar-refractivity contribution is 0.101. The van der Waals surface area contributed by atoms with Crippen LogP contribution in [0.1, 0.15) is 17.3 Å². The lowest BCUT2D eigenvalue weighted by atomic mass is 10.1. The minimum absolute atomic E-state index is 0.141. The molecule has 5 heteroatoms. The first-order chi connectivity index (χ1) is 7.65. The second kappa shape index (κ2) is 3.92. The number of hydrogen-bond donors (Lipinski definition) is 1. The second-order valence-electron chi connectivity index (χ2n) is 3.39. The van der Waals surface area contributed by atoms with Gasteiger partial charge in [0.05, 0.1) is 12.7 Å². The minimum atomic E-state index is -0.257. The number of ether oxygens (including phenoxy) is 3. The molecule has 1 N–H and O–H groups in total. The van der Waals surface area contributed by atoms with Crippen LogP contribution in [0.15, 0.2) is 6.07 Å². The van der Waals surface area contributed by atoms with Crippen LogP contribution in [-0.4, -0.2) is 31.2 Å². The number of aromatic hydroxyl groups is 1. The Morgan fingerprint density at radius 1 is 1.44 bits per heavy atom. The van der Waals surface area contributed by atoms with Gasteiger partial charge in [-0.05, 0) is 13.0 Å². The van der Waals surface area contributed by atoms with Crippen molar-refractivity contribution < 1.29 is 24.1 Å². The summed E-state index contributed by atoms with van der Waals surface area (Å²) in [6, 6.07) is 1.47. The Balaban J connectivity index is 2.64. The number of phenolic OH excluding ortho intramolecular Hbond substituents is 1. The third-order valence-corrected chi connectivity index (χ3v) is 2.35. The van der Waals surface area contributed by atoms with Crippen LogP contribution in [0.4, 0.5) is 0 Å². The Morgan fingerprint density at radius 3 is 2.75 bits per heavy atom. The number of methoxy groups -OCH3 is 1. The lowest BCUT2D eigenvalue weighted by Crippen LogP contribution is -2.16. The highest BCUT2D eigenvalue weighted by Gasteiger charge is 2.25. The zero-order valence-electron chi connectivity index (χ0n) is 9.07. The Morgan fingerprint density at radius 2 is 2.12 bits per heavy atom. The fourth-order valence-electron chi connectivity index (χ4n) is 1.60. The van der Waals surface area contributed by atoms with E-state index >= 15 is 0 Å². The third-order valence-electron chi connectivity index (χ3n) is 2.35. The van der Waals surface area contributed by atoms with Gasteiger partial charge in [-0.3, -0.25) is 4.79 Å². The van der Waals surface area contributed by atoms with Crippen LogP contribution < -0.4 is 14.2 Å². The van der Waals surface area contributed by atoms with Gasteiger partial charge in [-0.25, -0.2) is 0 Å². The van der Waals surface area contributed by atoms with Crippen molar-refractivity contribution in [3.05, 3.63) is 11.6 Å². The maximum atomic E-state index is 11.3. The van der Waals surface area contributed by atoms with Crippen molar-refractivity contribution in [1.29, 1.82) is 0 Å². The van der Waals surface area contributed by atoms with Crippen LogP contribution in [0.2, 0.25) is 0 Å². The molecule has 0 aliphatic carbocycles. The van der Waals surface area contributed by atoms with Gasteiger partial charge in [0, 0.05) is 0 Å². The third kappa shape index (κ3) is 1.54. The standard InChI is InChI=1S/C11H12O5/c1-6(12)7-5-8-10(16-4-3-15-8)11(14-2)9(7)13/h5,13H,3-4H2,1-2H3. The Bertz CT molecular complexity index is 438. The van der Waals surface area contributed by atoms with Gasteiger partial charge in [0.25, 0.3) is 0 Å². The Labute approximate surface area is 92.5 Å². The van der Waals surface area contributed by atoms with Gasteiger partial charge < -0.3 is 19.3 Å². The summed E-state index contributed by atoms with van der Waals surface area (Å²) >= 11 is 0. The summed E-state index contributed by atoms with van der Waals surface area (Å²) < 4.78 is 15.7. The van der Waals surface area contributed by atoms with Crippen molar-refractivity contribution in [3.63, 3.8) is 0 Å². The average Bonchev–Trinajstić information content (AvgIpc) is 2.28. The number of fused-ring (bicyclic) bond motifs is 1. The summed E-state index contributed by atoms with van der Waals surface area (Å²) in [6.07, 6.45) is 0. The molecule has 0 amide bonds. The number of Topliss-reactive ketones (excluding diaryl/α,β-unsaturated/α-hetero) is 1. The van der Waals surface area contributed by atoms with Gasteiger partial charge in [0.1, 0.15) is 13.2 Å². The molecule has 0 atom stereocenters. The van der Waals surface area contributed by atoms with Gasteiger partial charge in [0.15, 0.2) is 17.3 Å². The van der Waals surface area contributed by atoms with E-state index in [9.17, 15) is 9.90 Å². The van der Waals surface area contributed by atoms with Crippen molar-refractivity contribution in [2.75, 3.05) is 20.3 Å². The summed E-state index contributed by atoms with van der Waals surface area (Å²) in [5.74, 6) is 0.441. The highest BCUT2D eigenvalue weighted by Crippen LogP contribution is 2.47. The second-order valence-corrected chi connectivity index (χ2v) is 3.39. The van der Waals surface area contributed by atoms with E-state index in [0.29, 0.717) is 24.7 Å². The Hall–Kier alpha value is -1.91. The molecule has 1 aromatic rings. The molecule has 1 aliphatic rings. The SMILES string of the molecule is COc1c(O)c(C(C)=O)cc2c1OCCO2. The van der Waals surface area contributed by atoms with Gasteiger partial charge in [-0.1, -0.05) is 0 Å². The molecule has 1 heterocycles. The molecule has 0 saturated carbocycles. The van der Waals surface area contributed by atoms with E-state index in [1.54, 1.807) is 0 Å². The molecule has 16 heavy (non-hydrogen) atoms. The van der Waals surface area contributed by atoms with Crippen molar-refractivity contribution in [3.8, 4) is 23.0 Å². The maximum absolute atomic E-state index is 11.3. The average molecular weight is 224 g/mol. The first-order valence-electron chi connectivity index (χ1n) is 4.85. The first kappa shape index (κ1) is 10.6. The van der Waals surface area contributed by atoms with Crippen LogP contribution in [0.25, 0.3) is 0 Å². The van der Waals surface area contributed by atoms with E-state index in [0.717, 1.165) is 0 Å². The number of rotatable bonds is 2. The molecule has 0 spiro atoms. The highest BCUT2D eigenvalue weighted by molar-refractivity contribution is 5.98. The zero-order valence-corrected chi connectivity index (χ0v) is 9.07. The molecule has 86 valence electrons. The molecule has 0 saturated heterocycles. The number of benzene rings is 1. The van der Waals surface area contributed by atoms with Gasteiger partial charge in [0.2, 0.25) is 11.5 Å². The van der Waals surface area contributed by atoms with E-state index in [1.165, 1.54) is 20.1 Å². The van der Waals surface area contributed by atoms with Gasteiger partial charge in [-0.2, -0.15) is 0 Å². The van der Waals surface area contributed by atoms with Crippen LogP contribution in [0.3, 0.4) is 0 Å². The predicted molar refractivity (Wildman–Crippen MR) is 55.7 cm³/mol. The summed E-state index contributed by atoms with van der Waals surface area (Å²) in [5, 5.41) is 9.83. The molecule has 0 fully saturated rings. The van der Waals surface area contributed by atoms with E-state index in [4.69, 9.17) is 14.2 Å². The highest BCUT2D eigenvalue weighted by atomic mass is 16.6. The summed E-state index contributed by atoms with van der Waals surface area (Å²) in [6.45, 7) is 2.17. The van der Waals surface area contributed by atoms with E-state index < -0.39 is 0 Å². The van der Waals surface area contributed by atoms with E-state index in [2.05, 4.69) is 0 Å². The quantitative estimate of drug-likeness (QED) is 0.768. The molecule has 0 radical (unpaired) electrons. The van der Waals surface area contributed by atoms with Gasteiger partial charge in [-0.15, -0.1) is 0 Å².